The van der Waals surface area contributed by atoms with E-state index in [1.54, 1.807) is 0 Å². The lowest BCUT2D eigenvalue weighted by Gasteiger charge is -2.26. The fourth-order valence-electron chi connectivity index (χ4n) is 2.61. The number of amides is 1. The van der Waals surface area contributed by atoms with Crippen LogP contribution in [0.15, 0.2) is 60.7 Å². The van der Waals surface area contributed by atoms with E-state index in [0.29, 0.717) is 12.2 Å². The third-order valence-corrected chi connectivity index (χ3v) is 3.84. The monoisotopic (exact) mass is 292 g/mol. The Labute approximate surface area is 130 Å². The number of hydrogen-bond donors (Lipinski definition) is 1. The molecule has 0 saturated carbocycles. The summed E-state index contributed by atoms with van der Waals surface area (Å²) in [7, 11) is 0. The van der Waals surface area contributed by atoms with Gasteiger partial charge in [0.15, 0.2) is 0 Å². The van der Waals surface area contributed by atoms with Crippen LogP contribution >= 0.6 is 0 Å². The molecule has 22 heavy (non-hydrogen) atoms. The van der Waals surface area contributed by atoms with Crippen LogP contribution in [-0.4, -0.2) is 21.8 Å². The summed E-state index contributed by atoms with van der Waals surface area (Å²) in [5, 5.41) is 1.06. The van der Waals surface area contributed by atoms with E-state index in [9.17, 15) is 4.79 Å². The molecule has 0 aliphatic rings. The predicted octanol–water partition coefficient (Wildman–Crippen LogP) is 4.22. The molecular weight excluding hydrogens is 272 g/mol. The van der Waals surface area contributed by atoms with Gasteiger partial charge in [-0.3, -0.25) is 4.79 Å². The Hall–Kier alpha value is -2.55. The first kappa shape index (κ1) is 14.4. The van der Waals surface area contributed by atoms with E-state index >= 15 is 0 Å². The van der Waals surface area contributed by atoms with E-state index in [1.807, 2.05) is 79.4 Å². The molecule has 0 aliphatic heterocycles. The minimum Gasteiger partial charge on any atom is -0.351 e. The minimum absolute atomic E-state index is 0.0371. The van der Waals surface area contributed by atoms with Crippen molar-refractivity contribution in [3.05, 3.63) is 71.9 Å². The number of hydrogen-bond acceptors (Lipinski definition) is 1. The number of H-pyrrole nitrogens is 1. The lowest BCUT2D eigenvalue weighted by Crippen LogP contribution is -2.36. The summed E-state index contributed by atoms with van der Waals surface area (Å²) in [5.74, 6) is 0.0371. The fourth-order valence-corrected chi connectivity index (χ4v) is 2.61. The van der Waals surface area contributed by atoms with Crippen molar-refractivity contribution in [1.82, 2.24) is 9.88 Å². The summed E-state index contributed by atoms with van der Waals surface area (Å²) in [6, 6.07) is 20.1. The number of benzene rings is 2. The number of nitrogens with zero attached hydrogens (tertiary/aromatic N) is 1. The van der Waals surface area contributed by atoms with Crippen LogP contribution in [0.2, 0.25) is 0 Å². The second-order valence-corrected chi connectivity index (χ2v) is 5.78. The van der Waals surface area contributed by atoms with Gasteiger partial charge in [0.25, 0.3) is 5.91 Å². The molecule has 1 aromatic heterocycles. The number of rotatable bonds is 4. The van der Waals surface area contributed by atoms with Crippen LogP contribution in [0.4, 0.5) is 0 Å². The molecule has 1 N–H and O–H groups in total. The molecule has 3 heteroatoms. The number of carbonyl (C=O) groups excluding carboxylic acids is 1. The average molecular weight is 292 g/mol. The van der Waals surface area contributed by atoms with E-state index in [4.69, 9.17) is 0 Å². The highest BCUT2D eigenvalue weighted by Crippen LogP contribution is 2.18. The molecule has 0 atom stereocenters. The van der Waals surface area contributed by atoms with Crippen molar-refractivity contribution in [2.45, 2.75) is 26.4 Å². The van der Waals surface area contributed by atoms with Crippen molar-refractivity contribution < 1.29 is 4.79 Å². The Bertz CT molecular complexity index is 741. The molecule has 2 aromatic carbocycles. The molecule has 112 valence electrons. The maximum atomic E-state index is 12.9. The lowest BCUT2D eigenvalue weighted by atomic mass is 10.1. The summed E-state index contributed by atoms with van der Waals surface area (Å²) in [6.45, 7) is 4.71. The third-order valence-electron chi connectivity index (χ3n) is 3.84. The molecule has 0 aliphatic carbocycles. The molecule has 0 unspecified atom stereocenters. The SMILES string of the molecule is CC(C)N(Cc1ccccc1)C(=O)c1cc2ccccc2[nH]1. The predicted molar refractivity (Wildman–Crippen MR) is 89.8 cm³/mol. The van der Waals surface area contributed by atoms with E-state index in [1.165, 1.54) is 0 Å². The Morgan fingerprint density at radius 1 is 1.05 bits per heavy atom. The van der Waals surface area contributed by atoms with Crippen molar-refractivity contribution >= 4 is 16.8 Å². The highest BCUT2D eigenvalue weighted by atomic mass is 16.2. The quantitative estimate of drug-likeness (QED) is 0.768. The summed E-state index contributed by atoms with van der Waals surface area (Å²) in [5.41, 5.74) is 2.78. The van der Waals surface area contributed by atoms with E-state index < -0.39 is 0 Å². The molecule has 3 nitrogen and oxygen atoms in total. The lowest BCUT2D eigenvalue weighted by molar-refractivity contribution is 0.0685. The largest absolute Gasteiger partial charge is 0.351 e. The number of aromatic amines is 1. The van der Waals surface area contributed by atoms with Gasteiger partial charge in [0, 0.05) is 23.5 Å². The first-order valence-electron chi connectivity index (χ1n) is 7.58. The van der Waals surface area contributed by atoms with Gasteiger partial charge in [-0.15, -0.1) is 0 Å². The normalized spacial score (nSPS) is 11.0. The molecule has 0 spiro atoms. The number of carbonyl (C=O) groups is 1. The van der Waals surface area contributed by atoms with Gasteiger partial charge < -0.3 is 9.88 Å². The minimum atomic E-state index is 0.0371. The molecule has 3 rings (SSSR count). The van der Waals surface area contributed by atoms with Crippen LogP contribution in [0.3, 0.4) is 0 Å². The first-order chi connectivity index (χ1) is 10.6. The fraction of sp³-hybridized carbons (Fsp3) is 0.211. The van der Waals surface area contributed by atoms with Crippen LogP contribution in [0.1, 0.15) is 29.9 Å². The van der Waals surface area contributed by atoms with Crippen molar-refractivity contribution in [3.8, 4) is 0 Å². The number of fused-ring (bicyclic) bond motifs is 1. The number of aromatic nitrogens is 1. The second-order valence-electron chi connectivity index (χ2n) is 5.78. The number of nitrogens with one attached hydrogen (secondary N) is 1. The van der Waals surface area contributed by atoms with Gasteiger partial charge in [-0.1, -0.05) is 48.5 Å². The smallest absolute Gasteiger partial charge is 0.270 e. The topological polar surface area (TPSA) is 36.1 Å². The van der Waals surface area contributed by atoms with Crippen molar-refractivity contribution in [3.63, 3.8) is 0 Å². The summed E-state index contributed by atoms with van der Waals surface area (Å²) >= 11 is 0. The van der Waals surface area contributed by atoms with Gasteiger partial charge in [0.1, 0.15) is 5.69 Å². The van der Waals surface area contributed by atoms with Crippen LogP contribution in [-0.2, 0) is 6.54 Å². The second kappa shape index (κ2) is 6.06. The van der Waals surface area contributed by atoms with Crippen LogP contribution in [0, 0.1) is 0 Å². The Morgan fingerprint density at radius 3 is 2.41 bits per heavy atom. The van der Waals surface area contributed by atoms with E-state index in [2.05, 4.69) is 4.98 Å². The van der Waals surface area contributed by atoms with Gasteiger partial charge in [0.05, 0.1) is 0 Å². The molecule has 0 radical (unpaired) electrons. The average Bonchev–Trinajstić information content (AvgIpc) is 2.97. The maximum Gasteiger partial charge on any atom is 0.270 e. The van der Waals surface area contributed by atoms with Crippen LogP contribution in [0.25, 0.3) is 10.9 Å². The zero-order valence-corrected chi connectivity index (χ0v) is 12.9. The van der Waals surface area contributed by atoms with E-state index in [-0.39, 0.29) is 11.9 Å². The summed E-state index contributed by atoms with van der Waals surface area (Å²) in [6.07, 6.45) is 0. The van der Waals surface area contributed by atoms with Gasteiger partial charge in [-0.25, -0.2) is 0 Å². The molecule has 0 fully saturated rings. The van der Waals surface area contributed by atoms with Crippen LogP contribution < -0.4 is 0 Å². The zero-order valence-electron chi connectivity index (χ0n) is 12.9. The van der Waals surface area contributed by atoms with Crippen LogP contribution in [0.5, 0.6) is 0 Å². The van der Waals surface area contributed by atoms with Crippen molar-refractivity contribution in [2.75, 3.05) is 0 Å². The Kier molecular flexibility index (Phi) is 3.96. The molecule has 1 heterocycles. The van der Waals surface area contributed by atoms with Gasteiger partial charge in [-0.2, -0.15) is 0 Å². The first-order valence-corrected chi connectivity index (χ1v) is 7.58. The summed E-state index contributed by atoms with van der Waals surface area (Å²) in [4.78, 5) is 18.0. The highest BCUT2D eigenvalue weighted by molar-refractivity contribution is 5.98. The molecule has 0 saturated heterocycles. The van der Waals surface area contributed by atoms with E-state index in [0.717, 1.165) is 16.5 Å². The Morgan fingerprint density at radius 2 is 1.73 bits per heavy atom. The molecule has 1 amide bonds. The zero-order chi connectivity index (χ0) is 15.5. The number of para-hydroxylation sites is 1. The maximum absolute atomic E-state index is 12.9. The van der Waals surface area contributed by atoms with Gasteiger partial charge in [-0.05, 0) is 31.5 Å². The summed E-state index contributed by atoms with van der Waals surface area (Å²) < 4.78 is 0. The molecule has 0 bridgehead atoms. The highest BCUT2D eigenvalue weighted by Gasteiger charge is 2.20. The van der Waals surface area contributed by atoms with Gasteiger partial charge >= 0.3 is 0 Å². The van der Waals surface area contributed by atoms with Gasteiger partial charge in [0.2, 0.25) is 0 Å². The standard InChI is InChI=1S/C19H20N2O/c1-14(2)21(13-15-8-4-3-5-9-15)19(22)18-12-16-10-6-7-11-17(16)20-18/h3-12,14,20H,13H2,1-2H3. The molecular formula is C19H20N2O. The third kappa shape index (κ3) is 2.89. The molecule has 3 aromatic rings. The Balaban J connectivity index is 1.89. The van der Waals surface area contributed by atoms with Crippen molar-refractivity contribution in [2.24, 2.45) is 0 Å². The van der Waals surface area contributed by atoms with Crippen molar-refractivity contribution in [1.29, 1.82) is 0 Å².